The highest BCUT2D eigenvalue weighted by molar-refractivity contribution is 6.02. The van der Waals surface area contributed by atoms with Gasteiger partial charge >= 0.3 is 11.9 Å². The van der Waals surface area contributed by atoms with Crippen LogP contribution < -0.4 is 5.32 Å². The molecule has 0 aliphatic carbocycles. The Bertz CT molecular complexity index is 1000. The summed E-state index contributed by atoms with van der Waals surface area (Å²) in [6.45, 7) is -0.543. The van der Waals surface area contributed by atoms with Gasteiger partial charge in [-0.25, -0.2) is 9.59 Å². The van der Waals surface area contributed by atoms with E-state index in [0.717, 1.165) is 0 Å². The third-order valence-corrected chi connectivity index (χ3v) is 3.66. The zero-order valence-corrected chi connectivity index (χ0v) is 14.7. The topological polar surface area (TPSA) is 125 Å². The minimum atomic E-state index is -0.720. The van der Waals surface area contributed by atoms with Crippen LogP contribution in [0, 0.1) is 0 Å². The number of tetrazole rings is 1. The van der Waals surface area contributed by atoms with E-state index in [1.54, 1.807) is 36.4 Å². The van der Waals surface area contributed by atoms with Crippen LogP contribution in [0.15, 0.2) is 54.9 Å². The summed E-state index contributed by atoms with van der Waals surface area (Å²) < 4.78 is 11.1. The number of rotatable bonds is 6. The minimum absolute atomic E-state index is 0.189. The van der Waals surface area contributed by atoms with E-state index in [1.807, 2.05) is 0 Å². The van der Waals surface area contributed by atoms with Crippen molar-refractivity contribution in [1.82, 2.24) is 20.2 Å². The number of esters is 2. The van der Waals surface area contributed by atoms with E-state index in [2.05, 4.69) is 25.6 Å². The first-order valence-electron chi connectivity index (χ1n) is 8.07. The van der Waals surface area contributed by atoms with Gasteiger partial charge in [0.1, 0.15) is 6.33 Å². The molecule has 0 aliphatic rings. The van der Waals surface area contributed by atoms with Crippen molar-refractivity contribution in [3.05, 3.63) is 66.0 Å². The molecular formula is C18H15N5O5. The fraction of sp³-hybridized carbons (Fsp3) is 0.111. The van der Waals surface area contributed by atoms with E-state index < -0.39 is 24.5 Å². The van der Waals surface area contributed by atoms with Crippen molar-refractivity contribution in [2.24, 2.45) is 0 Å². The Hall–Kier alpha value is -4.08. The number of benzene rings is 2. The van der Waals surface area contributed by atoms with Gasteiger partial charge in [-0.15, -0.1) is 5.10 Å². The predicted molar refractivity (Wildman–Crippen MR) is 95.8 cm³/mol. The van der Waals surface area contributed by atoms with Crippen molar-refractivity contribution < 1.29 is 23.9 Å². The van der Waals surface area contributed by atoms with Crippen LogP contribution in [0.25, 0.3) is 5.69 Å². The SMILES string of the molecule is COC(=O)c1ccccc1NC(=O)COC(=O)c1ccccc1-n1cnnn1. The number of nitrogens with zero attached hydrogens (tertiary/aromatic N) is 4. The highest BCUT2D eigenvalue weighted by Gasteiger charge is 2.17. The van der Waals surface area contributed by atoms with Gasteiger partial charge in [0, 0.05) is 0 Å². The second kappa shape index (κ2) is 8.54. The van der Waals surface area contributed by atoms with Gasteiger partial charge in [-0.2, -0.15) is 4.68 Å². The van der Waals surface area contributed by atoms with Gasteiger partial charge in [-0.1, -0.05) is 24.3 Å². The number of nitrogens with one attached hydrogen (secondary N) is 1. The standard InChI is InChI=1S/C18H15N5O5/c1-27-17(25)12-6-2-4-8-14(12)20-16(24)10-28-18(26)13-7-3-5-9-15(13)23-11-19-21-22-23/h2-9,11H,10H2,1H3,(H,20,24). The van der Waals surface area contributed by atoms with E-state index in [1.165, 1.54) is 30.3 Å². The molecule has 0 bridgehead atoms. The molecule has 1 heterocycles. The van der Waals surface area contributed by atoms with Gasteiger partial charge in [-0.3, -0.25) is 4.79 Å². The normalized spacial score (nSPS) is 10.2. The molecule has 1 N–H and O–H groups in total. The quantitative estimate of drug-likeness (QED) is 0.632. The average molecular weight is 381 g/mol. The van der Waals surface area contributed by atoms with Crippen molar-refractivity contribution >= 4 is 23.5 Å². The van der Waals surface area contributed by atoms with Crippen molar-refractivity contribution in [1.29, 1.82) is 0 Å². The van der Waals surface area contributed by atoms with Crippen molar-refractivity contribution in [3.63, 3.8) is 0 Å². The lowest BCUT2D eigenvalue weighted by Gasteiger charge is -2.11. The number of hydrogen-bond acceptors (Lipinski definition) is 8. The van der Waals surface area contributed by atoms with Crippen LogP contribution in [0.5, 0.6) is 0 Å². The molecule has 0 aliphatic heterocycles. The summed E-state index contributed by atoms with van der Waals surface area (Å²) in [4.78, 5) is 36.3. The minimum Gasteiger partial charge on any atom is -0.465 e. The summed E-state index contributed by atoms with van der Waals surface area (Å²) in [6, 6.07) is 12.9. The molecule has 0 radical (unpaired) electrons. The van der Waals surface area contributed by atoms with Gasteiger partial charge in [0.15, 0.2) is 6.61 Å². The van der Waals surface area contributed by atoms with E-state index >= 15 is 0 Å². The molecule has 3 rings (SSSR count). The van der Waals surface area contributed by atoms with Crippen LogP contribution in [-0.2, 0) is 14.3 Å². The number of ether oxygens (including phenoxy) is 2. The summed E-state index contributed by atoms with van der Waals surface area (Å²) >= 11 is 0. The molecule has 2 aromatic carbocycles. The van der Waals surface area contributed by atoms with Gasteiger partial charge in [0.25, 0.3) is 5.91 Å². The van der Waals surface area contributed by atoms with E-state index in [4.69, 9.17) is 4.74 Å². The van der Waals surface area contributed by atoms with Crippen LogP contribution >= 0.6 is 0 Å². The molecule has 10 heteroatoms. The summed E-state index contributed by atoms with van der Waals surface area (Å²) in [5.41, 5.74) is 1.05. The van der Waals surface area contributed by atoms with Crippen molar-refractivity contribution in [2.45, 2.75) is 0 Å². The lowest BCUT2D eigenvalue weighted by atomic mass is 10.2. The molecule has 0 atom stereocenters. The second-order valence-corrected chi connectivity index (χ2v) is 5.43. The van der Waals surface area contributed by atoms with Crippen LogP contribution in [0.2, 0.25) is 0 Å². The third kappa shape index (κ3) is 4.18. The predicted octanol–water partition coefficient (Wildman–Crippen LogP) is 1.24. The first kappa shape index (κ1) is 18.7. The van der Waals surface area contributed by atoms with E-state index in [9.17, 15) is 14.4 Å². The van der Waals surface area contributed by atoms with Crippen LogP contribution in [0.3, 0.4) is 0 Å². The van der Waals surface area contributed by atoms with E-state index in [0.29, 0.717) is 5.69 Å². The van der Waals surface area contributed by atoms with Gasteiger partial charge in [0.05, 0.1) is 29.6 Å². The molecular weight excluding hydrogens is 366 g/mol. The highest BCUT2D eigenvalue weighted by Crippen LogP contribution is 2.17. The molecule has 0 fully saturated rings. The number of carbonyl (C=O) groups is 3. The number of amides is 1. The van der Waals surface area contributed by atoms with Gasteiger partial charge in [-0.05, 0) is 34.7 Å². The fourth-order valence-corrected chi connectivity index (χ4v) is 2.39. The Labute approximate surface area is 159 Å². The smallest absolute Gasteiger partial charge is 0.340 e. The first-order valence-corrected chi connectivity index (χ1v) is 8.07. The molecule has 0 saturated carbocycles. The van der Waals surface area contributed by atoms with Gasteiger partial charge in [0.2, 0.25) is 0 Å². The third-order valence-electron chi connectivity index (χ3n) is 3.66. The van der Waals surface area contributed by atoms with Crippen LogP contribution in [0.4, 0.5) is 5.69 Å². The van der Waals surface area contributed by atoms with Crippen molar-refractivity contribution in [2.75, 3.05) is 19.0 Å². The molecule has 0 unspecified atom stereocenters. The largest absolute Gasteiger partial charge is 0.465 e. The first-order chi connectivity index (χ1) is 13.6. The Morgan fingerprint density at radius 3 is 2.43 bits per heavy atom. The average Bonchev–Trinajstić information content (AvgIpc) is 3.26. The van der Waals surface area contributed by atoms with Gasteiger partial charge < -0.3 is 14.8 Å². The van der Waals surface area contributed by atoms with Crippen molar-refractivity contribution in [3.8, 4) is 5.69 Å². The zero-order valence-electron chi connectivity index (χ0n) is 14.7. The molecule has 0 spiro atoms. The Morgan fingerprint density at radius 1 is 1.00 bits per heavy atom. The molecule has 1 amide bonds. The zero-order chi connectivity index (χ0) is 19.9. The van der Waals surface area contributed by atoms with Crippen LogP contribution in [0.1, 0.15) is 20.7 Å². The fourth-order valence-electron chi connectivity index (χ4n) is 2.39. The molecule has 10 nitrogen and oxygen atoms in total. The molecule has 0 saturated heterocycles. The van der Waals surface area contributed by atoms with E-state index in [-0.39, 0.29) is 16.8 Å². The highest BCUT2D eigenvalue weighted by atomic mass is 16.5. The lowest BCUT2D eigenvalue weighted by Crippen LogP contribution is -2.22. The summed E-state index contributed by atoms with van der Waals surface area (Å²) in [6.07, 6.45) is 1.34. The number of methoxy groups -OCH3 is 1. The number of anilines is 1. The number of para-hydroxylation sites is 2. The van der Waals surface area contributed by atoms with Crippen LogP contribution in [-0.4, -0.2) is 51.8 Å². The maximum Gasteiger partial charge on any atom is 0.340 e. The lowest BCUT2D eigenvalue weighted by molar-refractivity contribution is -0.119. The molecule has 28 heavy (non-hydrogen) atoms. The Kier molecular flexibility index (Phi) is 5.70. The maximum absolute atomic E-state index is 12.4. The maximum atomic E-state index is 12.4. The Morgan fingerprint density at radius 2 is 1.71 bits per heavy atom. The number of carbonyl (C=O) groups excluding carboxylic acids is 3. The summed E-state index contributed by atoms with van der Waals surface area (Å²) in [7, 11) is 1.24. The number of aromatic nitrogens is 4. The monoisotopic (exact) mass is 381 g/mol. The number of hydrogen-bond donors (Lipinski definition) is 1. The molecule has 142 valence electrons. The summed E-state index contributed by atoms with van der Waals surface area (Å²) in [5, 5.41) is 13.3. The molecule has 1 aromatic heterocycles. The second-order valence-electron chi connectivity index (χ2n) is 5.43. The Balaban J connectivity index is 1.67. The summed E-state index contributed by atoms with van der Waals surface area (Å²) in [5.74, 6) is -1.92. The molecule has 3 aromatic rings.